The van der Waals surface area contributed by atoms with Crippen LogP contribution in [0.3, 0.4) is 0 Å². The van der Waals surface area contributed by atoms with Crippen LogP contribution < -0.4 is 9.62 Å². The van der Waals surface area contributed by atoms with E-state index >= 15 is 0 Å². The fraction of sp³-hybridized carbons (Fsp3) is 0.417. The minimum atomic E-state index is -4.14. The fourth-order valence-corrected chi connectivity index (χ4v) is 4.74. The Bertz CT molecular complexity index is 1200. The first kappa shape index (κ1) is 29.8. The van der Waals surface area contributed by atoms with Crippen molar-refractivity contribution in [1.82, 2.24) is 14.5 Å². The highest BCUT2D eigenvalue weighted by molar-refractivity contribution is 7.90. The zero-order valence-corrected chi connectivity index (χ0v) is 23.4. The van der Waals surface area contributed by atoms with Crippen molar-refractivity contribution >= 4 is 50.9 Å². The number of amides is 2. The van der Waals surface area contributed by atoms with Gasteiger partial charge in [0, 0.05) is 36.2 Å². The van der Waals surface area contributed by atoms with E-state index in [-0.39, 0.29) is 12.2 Å². The fourth-order valence-electron chi connectivity index (χ4n) is 3.21. The Hall–Kier alpha value is -2.40. The minimum Gasteiger partial charge on any atom is -0.350 e. The summed E-state index contributed by atoms with van der Waals surface area (Å²) in [5.41, 5.74) is 0.0511. The molecule has 1 unspecified atom stereocenters. The first-order valence-corrected chi connectivity index (χ1v) is 13.2. The molecule has 0 bridgehead atoms. The first-order chi connectivity index (χ1) is 16.5. The summed E-state index contributed by atoms with van der Waals surface area (Å²) in [6, 6.07) is 8.51. The molecule has 0 aliphatic carbocycles. The Kier molecular flexibility index (Phi) is 9.75. The molecular weight excluding hydrogens is 530 g/mol. The Labute approximate surface area is 222 Å². The lowest BCUT2D eigenvalue weighted by Gasteiger charge is -2.34. The molecule has 1 N–H and O–H groups in total. The molecule has 8 nitrogen and oxygen atoms in total. The Morgan fingerprint density at radius 1 is 1.06 bits per heavy atom. The molecule has 1 atom stereocenters. The summed E-state index contributed by atoms with van der Waals surface area (Å²) in [6.07, 6.45) is 0. The van der Waals surface area contributed by atoms with Crippen LogP contribution >= 0.6 is 23.2 Å². The van der Waals surface area contributed by atoms with Gasteiger partial charge in [0.1, 0.15) is 18.4 Å². The van der Waals surface area contributed by atoms with Gasteiger partial charge in [-0.2, -0.15) is 12.7 Å². The number of halogens is 3. The normalized spacial score (nSPS) is 12.8. The third-order valence-corrected chi connectivity index (χ3v) is 7.56. The van der Waals surface area contributed by atoms with E-state index in [2.05, 4.69) is 5.32 Å². The van der Waals surface area contributed by atoms with Gasteiger partial charge in [-0.05, 0) is 69.7 Å². The van der Waals surface area contributed by atoms with Gasteiger partial charge in [0.25, 0.3) is 0 Å². The van der Waals surface area contributed by atoms with Crippen molar-refractivity contribution in [2.75, 3.05) is 24.9 Å². The lowest BCUT2D eigenvalue weighted by atomic mass is 10.1. The molecule has 0 aromatic heterocycles. The monoisotopic (exact) mass is 560 g/mol. The second-order valence-corrected chi connectivity index (χ2v) is 12.4. The first-order valence-electron chi connectivity index (χ1n) is 11.0. The largest absolute Gasteiger partial charge is 0.350 e. The molecule has 0 fully saturated rings. The van der Waals surface area contributed by atoms with Crippen molar-refractivity contribution in [1.29, 1.82) is 0 Å². The molecule has 2 amide bonds. The van der Waals surface area contributed by atoms with E-state index in [1.54, 1.807) is 39.8 Å². The zero-order valence-electron chi connectivity index (χ0n) is 21.0. The van der Waals surface area contributed by atoms with Crippen LogP contribution in [0, 0.1) is 5.82 Å². The molecule has 12 heteroatoms. The summed E-state index contributed by atoms with van der Waals surface area (Å²) in [4.78, 5) is 27.9. The van der Waals surface area contributed by atoms with E-state index < -0.39 is 46.0 Å². The minimum absolute atomic E-state index is 0.0766. The van der Waals surface area contributed by atoms with E-state index in [4.69, 9.17) is 23.2 Å². The van der Waals surface area contributed by atoms with Crippen molar-refractivity contribution < 1.29 is 22.4 Å². The molecule has 2 rings (SSSR count). The van der Waals surface area contributed by atoms with E-state index in [1.165, 1.54) is 37.2 Å². The summed E-state index contributed by atoms with van der Waals surface area (Å²) in [7, 11) is -1.50. The highest BCUT2D eigenvalue weighted by Gasteiger charge is 2.33. The standard InChI is InChI=1S/C24H31Cl2FN4O4S/c1-16(23(33)28-24(2,3)4)30(14-17-7-8-18(25)13-21(17)26)22(32)15-31(36(34,35)29(5)6)20-11-9-19(27)10-12-20/h7-13,16H,14-15H2,1-6H3,(H,28,33). The predicted octanol–water partition coefficient (Wildman–Crippen LogP) is 4.08. The maximum absolute atomic E-state index is 13.6. The van der Waals surface area contributed by atoms with Crippen LogP contribution in [-0.2, 0) is 26.3 Å². The predicted molar refractivity (Wildman–Crippen MR) is 141 cm³/mol. The summed E-state index contributed by atoms with van der Waals surface area (Å²) < 4.78 is 41.5. The number of hydrogen-bond donors (Lipinski definition) is 1. The van der Waals surface area contributed by atoms with Gasteiger partial charge in [0.2, 0.25) is 11.8 Å². The SMILES string of the molecule is CC(C(=O)NC(C)(C)C)N(Cc1ccc(Cl)cc1Cl)C(=O)CN(c1ccc(F)cc1)S(=O)(=O)N(C)C. The lowest BCUT2D eigenvalue weighted by Crippen LogP contribution is -2.55. The van der Waals surface area contributed by atoms with E-state index in [1.807, 2.05) is 0 Å². The van der Waals surface area contributed by atoms with Crippen molar-refractivity contribution in [3.05, 3.63) is 63.9 Å². The van der Waals surface area contributed by atoms with Gasteiger partial charge in [-0.15, -0.1) is 0 Å². The molecule has 0 aliphatic rings. The lowest BCUT2D eigenvalue weighted by molar-refractivity contribution is -0.140. The molecule has 0 saturated heterocycles. The number of carbonyl (C=O) groups excluding carboxylic acids is 2. The van der Waals surface area contributed by atoms with Gasteiger partial charge in [-0.25, -0.2) is 8.70 Å². The molecule has 2 aromatic rings. The number of anilines is 1. The van der Waals surface area contributed by atoms with Gasteiger partial charge < -0.3 is 10.2 Å². The second kappa shape index (κ2) is 11.8. The number of nitrogens with one attached hydrogen (secondary N) is 1. The van der Waals surface area contributed by atoms with Gasteiger partial charge in [-0.3, -0.25) is 9.59 Å². The highest BCUT2D eigenvalue weighted by atomic mass is 35.5. The molecule has 0 aliphatic heterocycles. The summed E-state index contributed by atoms with van der Waals surface area (Å²) in [6.45, 7) is 6.25. The number of benzene rings is 2. The van der Waals surface area contributed by atoms with Crippen molar-refractivity contribution in [3.63, 3.8) is 0 Å². The van der Waals surface area contributed by atoms with Crippen molar-refractivity contribution in [2.24, 2.45) is 0 Å². The van der Waals surface area contributed by atoms with Gasteiger partial charge in [0.05, 0.1) is 5.69 Å². The van der Waals surface area contributed by atoms with Crippen LogP contribution in [0.1, 0.15) is 33.3 Å². The third-order valence-electron chi connectivity index (χ3n) is 5.15. The number of carbonyl (C=O) groups is 2. The Morgan fingerprint density at radius 3 is 2.14 bits per heavy atom. The van der Waals surface area contributed by atoms with Gasteiger partial charge in [0.15, 0.2) is 0 Å². The molecule has 2 aromatic carbocycles. The van der Waals surface area contributed by atoms with Crippen molar-refractivity contribution in [2.45, 2.75) is 45.8 Å². The van der Waals surface area contributed by atoms with Gasteiger partial charge in [-0.1, -0.05) is 29.3 Å². The molecule has 198 valence electrons. The summed E-state index contributed by atoms with van der Waals surface area (Å²) >= 11 is 12.3. The van der Waals surface area contributed by atoms with Crippen LogP contribution in [0.4, 0.5) is 10.1 Å². The van der Waals surface area contributed by atoms with E-state index in [0.717, 1.165) is 20.7 Å². The number of hydrogen-bond acceptors (Lipinski definition) is 4. The number of nitrogens with zero attached hydrogens (tertiary/aromatic N) is 3. The maximum Gasteiger partial charge on any atom is 0.304 e. The average molecular weight is 562 g/mol. The van der Waals surface area contributed by atoms with Gasteiger partial charge >= 0.3 is 10.2 Å². The highest BCUT2D eigenvalue weighted by Crippen LogP contribution is 2.25. The second-order valence-electron chi connectivity index (χ2n) is 9.45. The smallest absolute Gasteiger partial charge is 0.304 e. The summed E-state index contributed by atoms with van der Waals surface area (Å²) in [5.74, 6) is -1.64. The number of rotatable bonds is 9. The summed E-state index contributed by atoms with van der Waals surface area (Å²) in [5, 5.41) is 3.53. The topological polar surface area (TPSA) is 90.0 Å². The van der Waals surface area contributed by atoms with Crippen molar-refractivity contribution in [3.8, 4) is 0 Å². The molecule has 0 spiro atoms. The zero-order chi connectivity index (χ0) is 27.4. The molecule has 0 heterocycles. The van der Waals surface area contributed by atoms with Crippen LogP contribution in [0.15, 0.2) is 42.5 Å². The Morgan fingerprint density at radius 2 is 1.64 bits per heavy atom. The molecule has 0 radical (unpaired) electrons. The molecule has 36 heavy (non-hydrogen) atoms. The quantitative estimate of drug-likeness (QED) is 0.500. The Balaban J connectivity index is 2.50. The molecular formula is C24H31Cl2FN4O4S. The van der Waals surface area contributed by atoms with E-state index in [9.17, 15) is 22.4 Å². The van der Waals surface area contributed by atoms with Crippen LogP contribution in [0.5, 0.6) is 0 Å². The van der Waals surface area contributed by atoms with Crippen LogP contribution in [-0.4, -0.2) is 61.7 Å². The maximum atomic E-state index is 13.6. The van der Waals surface area contributed by atoms with Crippen LogP contribution in [0.25, 0.3) is 0 Å². The molecule has 0 saturated carbocycles. The average Bonchev–Trinajstić information content (AvgIpc) is 2.75. The van der Waals surface area contributed by atoms with E-state index in [0.29, 0.717) is 15.6 Å². The van der Waals surface area contributed by atoms with Crippen LogP contribution in [0.2, 0.25) is 10.0 Å². The third kappa shape index (κ3) is 7.80.